The van der Waals surface area contributed by atoms with E-state index < -0.39 is 5.60 Å². The van der Waals surface area contributed by atoms with Crippen LogP contribution in [0.4, 0.5) is 0 Å². The summed E-state index contributed by atoms with van der Waals surface area (Å²) in [7, 11) is 0. The average Bonchev–Trinajstić information content (AvgIpc) is 2.15. The quantitative estimate of drug-likeness (QED) is 0.815. The largest absolute Gasteiger partial charge is 0.385 e. The number of aliphatic hydroxyl groups is 1. The van der Waals surface area contributed by atoms with E-state index in [2.05, 4.69) is 12.1 Å². The Morgan fingerprint density at radius 3 is 2.75 bits per heavy atom. The minimum absolute atomic E-state index is 0.431. The van der Waals surface area contributed by atoms with Gasteiger partial charge in [-0.05, 0) is 49.8 Å². The first-order valence-electron chi connectivity index (χ1n) is 6.16. The molecule has 1 aromatic carbocycles. The molecular formula is C14H21NO. The van der Waals surface area contributed by atoms with Gasteiger partial charge in [0.15, 0.2) is 0 Å². The van der Waals surface area contributed by atoms with Crippen LogP contribution in [0.3, 0.4) is 0 Å². The predicted molar refractivity (Wildman–Crippen MR) is 66.1 cm³/mol. The van der Waals surface area contributed by atoms with Crippen molar-refractivity contribution in [1.82, 2.24) is 0 Å². The van der Waals surface area contributed by atoms with E-state index in [1.165, 1.54) is 12.0 Å². The van der Waals surface area contributed by atoms with Crippen molar-refractivity contribution in [2.45, 2.75) is 38.2 Å². The zero-order chi connectivity index (χ0) is 11.6. The molecule has 2 nitrogen and oxygen atoms in total. The van der Waals surface area contributed by atoms with Crippen LogP contribution >= 0.6 is 0 Å². The Kier molecular flexibility index (Phi) is 3.31. The lowest BCUT2D eigenvalue weighted by atomic mass is 9.70. The number of benzene rings is 1. The van der Waals surface area contributed by atoms with Gasteiger partial charge in [-0.3, -0.25) is 0 Å². The van der Waals surface area contributed by atoms with Crippen molar-refractivity contribution in [3.63, 3.8) is 0 Å². The highest BCUT2D eigenvalue weighted by Crippen LogP contribution is 2.42. The van der Waals surface area contributed by atoms with Crippen LogP contribution in [0.5, 0.6) is 0 Å². The van der Waals surface area contributed by atoms with Gasteiger partial charge in [0.25, 0.3) is 0 Å². The molecule has 1 unspecified atom stereocenters. The number of hydrogen-bond acceptors (Lipinski definition) is 2. The Bertz CT molecular complexity index is 356. The van der Waals surface area contributed by atoms with Crippen LogP contribution in [0.1, 0.15) is 37.3 Å². The minimum Gasteiger partial charge on any atom is -0.385 e. The van der Waals surface area contributed by atoms with E-state index in [9.17, 15) is 5.11 Å². The van der Waals surface area contributed by atoms with Gasteiger partial charge in [-0.25, -0.2) is 0 Å². The molecule has 16 heavy (non-hydrogen) atoms. The third kappa shape index (κ3) is 2.13. The third-order valence-electron chi connectivity index (χ3n) is 3.84. The summed E-state index contributed by atoms with van der Waals surface area (Å²) >= 11 is 0. The van der Waals surface area contributed by atoms with Crippen LogP contribution in [0.25, 0.3) is 0 Å². The van der Waals surface area contributed by atoms with E-state index in [1.807, 2.05) is 19.1 Å². The van der Waals surface area contributed by atoms with E-state index in [-0.39, 0.29) is 0 Å². The van der Waals surface area contributed by atoms with E-state index in [4.69, 9.17) is 5.73 Å². The van der Waals surface area contributed by atoms with Gasteiger partial charge < -0.3 is 10.8 Å². The lowest BCUT2D eigenvalue weighted by Gasteiger charge is -2.39. The third-order valence-corrected chi connectivity index (χ3v) is 3.84. The molecule has 0 bridgehead atoms. The average molecular weight is 219 g/mol. The van der Waals surface area contributed by atoms with Gasteiger partial charge in [0, 0.05) is 0 Å². The van der Waals surface area contributed by atoms with Gasteiger partial charge in [-0.2, -0.15) is 0 Å². The lowest BCUT2D eigenvalue weighted by Crippen LogP contribution is -2.36. The van der Waals surface area contributed by atoms with Gasteiger partial charge in [-0.1, -0.05) is 30.7 Å². The first-order valence-corrected chi connectivity index (χ1v) is 6.16. The molecule has 88 valence electrons. The fourth-order valence-corrected chi connectivity index (χ4v) is 2.41. The second-order valence-corrected chi connectivity index (χ2v) is 5.01. The van der Waals surface area contributed by atoms with Crippen LogP contribution in [0.15, 0.2) is 24.3 Å². The van der Waals surface area contributed by atoms with E-state index in [1.54, 1.807) is 0 Å². The van der Waals surface area contributed by atoms with Crippen molar-refractivity contribution in [3.05, 3.63) is 35.4 Å². The molecule has 3 N–H and O–H groups in total. The number of hydrogen-bond donors (Lipinski definition) is 2. The monoisotopic (exact) mass is 219 g/mol. The topological polar surface area (TPSA) is 46.2 Å². The van der Waals surface area contributed by atoms with Gasteiger partial charge in [0.2, 0.25) is 0 Å². The molecule has 0 saturated heterocycles. The molecule has 0 spiro atoms. The zero-order valence-corrected chi connectivity index (χ0v) is 9.95. The van der Waals surface area contributed by atoms with Crippen LogP contribution in [0, 0.1) is 5.92 Å². The summed E-state index contributed by atoms with van der Waals surface area (Å²) < 4.78 is 0. The van der Waals surface area contributed by atoms with Crippen LogP contribution in [-0.4, -0.2) is 11.7 Å². The normalized spacial score (nSPS) is 20.2. The molecule has 2 rings (SSSR count). The Morgan fingerprint density at radius 2 is 2.19 bits per heavy atom. The maximum atomic E-state index is 10.6. The Morgan fingerprint density at radius 1 is 1.44 bits per heavy atom. The summed E-state index contributed by atoms with van der Waals surface area (Å²) in [6.45, 7) is 2.60. The van der Waals surface area contributed by atoms with Crippen molar-refractivity contribution in [2.75, 3.05) is 6.54 Å². The Labute approximate surface area is 97.5 Å². The molecule has 1 atom stereocenters. The smallest absolute Gasteiger partial charge is 0.0896 e. The maximum absolute atomic E-state index is 10.6. The Balaban J connectivity index is 2.21. The fraction of sp³-hybridized carbons (Fsp3) is 0.571. The number of rotatable bonds is 4. The standard InChI is InChI=1S/C14H21NO/c1-14(16,12-5-3-6-12)13-7-2-4-11(10-13)8-9-15/h2,4,7,10,12,16H,3,5-6,8-9,15H2,1H3. The highest BCUT2D eigenvalue weighted by molar-refractivity contribution is 5.29. The fourth-order valence-electron chi connectivity index (χ4n) is 2.41. The molecule has 0 heterocycles. The summed E-state index contributed by atoms with van der Waals surface area (Å²) in [6.07, 6.45) is 4.43. The van der Waals surface area contributed by atoms with E-state index in [0.29, 0.717) is 12.5 Å². The van der Waals surface area contributed by atoms with Crippen molar-refractivity contribution in [1.29, 1.82) is 0 Å². The van der Waals surface area contributed by atoms with Crippen LogP contribution in [-0.2, 0) is 12.0 Å². The predicted octanol–water partition coefficient (Wildman–Crippen LogP) is 2.20. The van der Waals surface area contributed by atoms with Gasteiger partial charge in [0.1, 0.15) is 0 Å². The van der Waals surface area contributed by atoms with E-state index in [0.717, 1.165) is 24.8 Å². The number of nitrogens with two attached hydrogens (primary N) is 1. The van der Waals surface area contributed by atoms with Crippen molar-refractivity contribution in [2.24, 2.45) is 11.7 Å². The Hall–Kier alpha value is -0.860. The van der Waals surface area contributed by atoms with Gasteiger partial charge in [0.05, 0.1) is 5.60 Å². The summed E-state index contributed by atoms with van der Waals surface area (Å²) in [5.74, 6) is 0.431. The molecular weight excluding hydrogens is 198 g/mol. The molecule has 0 amide bonds. The first kappa shape index (κ1) is 11.6. The molecule has 1 aromatic rings. The second kappa shape index (κ2) is 4.56. The molecule has 1 aliphatic carbocycles. The molecule has 1 saturated carbocycles. The lowest BCUT2D eigenvalue weighted by molar-refractivity contribution is -0.0399. The van der Waals surface area contributed by atoms with Crippen LogP contribution < -0.4 is 5.73 Å². The van der Waals surface area contributed by atoms with E-state index >= 15 is 0 Å². The first-order chi connectivity index (χ1) is 7.64. The zero-order valence-electron chi connectivity index (χ0n) is 9.95. The highest BCUT2D eigenvalue weighted by atomic mass is 16.3. The highest BCUT2D eigenvalue weighted by Gasteiger charge is 2.37. The minimum atomic E-state index is -0.664. The summed E-state index contributed by atoms with van der Waals surface area (Å²) in [5.41, 5.74) is 7.16. The van der Waals surface area contributed by atoms with Crippen LogP contribution in [0.2, 0.25) is 0 Å². The molecule has 0 aliphatic heterocycles. The molecule has 1 fully saturated rings. The van der Waals surface area contributed by atoms with Gasteiger partial charge in [-0.15, -0.1) is 0 Å². The van der Waals surface area contributed by atoms with Crippen molar-refractivity contribution >= 4 is 0 Å². The summed E-state index contributed by atoms with van der Waals surface area (Å²) in [6, 6.07) is 8.23. The van der Waals surface area contributed by atoms with Crippen molar-refractivity contribution in [3.8, 4) is 0 Å². The molecule has 0 aromatic heterocycles. The van der Waals surface area contributed by atoms with Gasteiger partial charge >= 0.3 is 0 Å². The SMILES string of the molecule is CC(O)(c1cccc(CCN)c1)C1CCC1. The molecule has 0 radical (unpaired) electrons. The second-order valence-electron chi connectivity index (χ2n) is 5.01. The molecule has 1 aliphatic rings. The summed E-state index contributed by atoms with van der Waals surface area (Å²) in [4.78, 5) is 0. The molecule has 2 heteroatoms. The summed E-state index contributed by atoms with van der Waals surface area (Å²) in [5, 5.41) is 10.6. The maximum Gasteiger partial charge on any atom is 0.0896 e. The van der Waals surface area contributed by atoms with Crippen molar-refractivity contribution < 1.29 is 5.11 Å².